The molecule has 0 bridgehead atoms. The third-order valence-electron chi connectivity index (χ3n) is 5.61. The summed E-state index contributed by atoms with van der Waals surface area (Å²) in [5, 5.41) is 2.74. The monoisotopic (exact) mass is 488 g/mol. The van der Waals surface area contributed by atoms with Crippen LogP contribution < -0.4 is 26.0 Å². The van der Waals surface area contributed by atoms with Gasteiger partial charge < -0.3 is 14.8 Å². The van der Waals surface area contributed by atoms with Gasteiger partial charge in [0.2, 0.25) is 15.9 Å². The van der Waals surface area contributed by atoms with Crippen molar-refractivity contribution in [3.05, 3.63) is 63.3 Å². The van der Waals surface area contributed by atoms with E-state index in [0.717, 1.165) is 8.87 Å². The van der Waals surface area contributed by atoms with Gasteiger partial charge in [-0.15, -0.1) is 0 Å². The van der Waals surface area contributed by atoms with E-state index < -0.39 is 39.8 Å². The number of hydrogen-bond acceptors (Lipinski definition) is 7. The highest BCUT2D eigenvalue weighted by molar-refractivity contribution is 7.89. The van der Waals surface area contributed by atoms with Crippen LogP contribution in [0.1, 0.15) is 0 Å². The lowest BCUT2D eigenvalue weighted by Gasteiger charge is -2.26. The van der Waals surface area contributed by atoms with Crippen molar-refractivity contribution in [2.75, 3.05) is 26.7 Å². The van der Waals surface area contributed by atoms with Crippen molar-refractivity contribution in [2.45, 2.75) is 11.0 Å². The second-order valence-electron chi connectivity index (χ2n) is 7.95. The number of amides is 1. The number of ether oxygens (including phenoxy) is 2. The van der Waals surface area contributed by atoms with Crippen molar-refractivity contribution >= 4 is 26.8 Å². The fourth-order valence-corrected chi connectivity index (χ4v) is 4.80. The molecule has 0 unspecified atom stereocenters. The molecule has 2 heterocycles. The molecule has 180 valence electrons. The lowest BCUT2D eigenvalue weighted by molar-refractivity contribution is -0.121. The minimum Gasteiger partial charge on any atom is -0.486 e. The van der Waals surface area contributed by atoms with E-state index in [4.69, 9.17) is 9.47 Å². The molecule has 0 saturated carbocycles. The first-order valence-corrected chi connectivity index (χ1v) is 11.8. The maximum absolute atomic E-state index is 13.0. The Kier molecular flexibility index (Phi) is 6.19. The second-order valence-corrected chi connectivity index (χ2v) is 9.99. The van der Waals surface area contributed by atoms with Gasteiger partial charge >= 0.3 is 5.69 Å². The summed E-state index contributed by atoms with van der Waals surface area (Å²) in [4.78, 5) is 36.8. The highest BCUT2D eigenvalue weighted by Gasteiger charge is 2.26. The van der Waals surface area contributed by atoms with Gasteiger partial charge in [0.05, 0.1) is 28.9 Å². The molecule has 0 radical (unpaired) electrons. The summed E-state index contributed by atoms with van der Waals surface area (Å²) in [6.07, 6.45) is -0.413. The molecule has 1 aliphatic heterocycles. The van der Waals surface area contributed by atoms with E-state index in [9.17, 15) is 22.8 Å². The zero-order valence-corrected chi connectivity index (χ0v) is 19.7. The van der Waals surface area contributed by atoms with Crippen LogP contribution in [0.5, 0.6) is 11.5 Å². The van der Waals surface area contributed by atoms with Gasteiger partial charge in [-0.1, -0.05) is 12.1 Å². The van der Waals surface area contributed by atoms with Gasteiger partial charge in [0.1, 0.15) is 12.7 Å². The number of para-hydroxylation sites is 2. The molecule has 34 heavy (non-hydrogen) atoms. The second kappa shape index (κ2) is 8.95. The predicted octanol–water partition coefficient (Wildman–Crippen LogP) is -0.186. The first-order valence-electron chi connectivity index (χ1n) is 10.4. The van der Waals surface area contributed by atoms with E-state index in [1.54, 1.807) is 12.1 Å². The van der Waals surface area contributed by atoms with Crippen LogP contribution in [0.4, 0.5) is 0 Å². The molecular weight excluding hydrogens is 464 g/mol. The van der Waals surface area contributed by atoms with Crippen LogP contribution in [0, 0.1) is 0 Å². The predicted molar refractivity (Wildman–Crippen MR) is 124 cm³/mol. The number of nitrogens with one attached hydrogen (secondary N) is 1. The van der Waals surface area contributed by atoms with Crippen LogP contribution in [-0.2, 0) is 28.9 Å². The Hall–Kier alpha value is -3.64. The molecule has 2 aromatic carbocycles. The number of fused-ring (bicyclic) bond motifs is 2. The fraction of sp³-hybridized carbons (Fsp3) is 0.318. The summed E-state index contributed by atoms with van der Waals surface area (Å²) in [6.45, 7) is -0.0447. The Bertz CT molecular complexity index is 1490. The van der Waals surface area contributed by atoms with E-state index in [0.29, 0.717) is 17.0 Å². The van der Waals surface area contributed by atoms with Crippen molar-refractivity contribution < 1.29 is 22.7 Å². The van der Waals surface area contributed by atoms with Crippen LogP contribution in [-0.4, -0.2) is 60.6 Å². The summed E-state index contributed by atoms with van der Waals surface area (Å²) >= 11 is 0. The number of rotatable bonds is 6. The third-order valence-corrected chi connectivity index (χ3v) is 7.41. The molecule has 1 amide bonds. The Balaban J connectivity index is 1.45. The van der Waals surface area contributed by atoms with Gasteiger partial charge in [0.15, 0.2) is 11.5 Å². The van der Waals surface area contributed by atoms with Crippen molar-refractivity contribution in [3.8, 4) is 11.5 Å². The highest BCUT2D eigenvalue weighted by Crippen LogP contribution is 2.30. The molecule has 0 spiro atoms. The number of benzene rings is 2. The topological polar surface area (TPSA) is 129 Å². The summed E-state index contributed by atoms with van der Waals surface area (Å²) in [5.41, 5.74) is -0.812. The summed E-state index contributed by atoms with van der Waals surface area (Å²) < 4.78 is 40.5. The zero-order chi connectivity index (χ0) is 24.6. The molecule has 1 aromatic heterocycles. The average molecular weight is 489 g/mol. The number of sulfonamides is 1. The van der Waals surface area contributed by atoms with Crippen LogP contribution in [0.3, 0.4) is 0 Å². The van der Waals surface area contributed by atoms with Crippen LogP contribution >= 0.6 is 0 Å². The summed E-state index contributed by atoms with van der Waals surface area (Å²) in [6, 6.07) is 11.1. The van der Waals surface area contributed by atoms with E-state index >= 15 is 0 Å². The van der Waals surface area contributed by atoms with Gasteiger partial charge in [-0.05, 0) is 30.3 Å². The maximum atomic E-state index is 13.0. The van der Waals surface area contributed by atoms with Crippen LogP contribution in [0.25, 0.3) is 10.9 Å². The first-order chi connectivity index (χ1) is 16.1. The standard InChI is InChI=1S/C22H24N4O7S/c1-24(12-20(27)23-11-14-13-32-18-6-4-5-7-19(18)33-14)34(30,31)15-8-9-17-16(10-15)21(28)26(3)22(29)25(17)2/h4-10,14H,11-13H2,1-3H3,(H,23,27)/t14-/m0/s1. The smallest absolute Gasteiger partial charge is 0.330 e. The fourth-order valence-electron chi connectivity index (χ4n) is 3.65. The van der Waals surface area contributed by atoms with E-state index in [1.165, 1.54) is 43.9 Å². The molecule has 1 atom stereocenters. The number of carbonyl (C=O) groups excluding carboxylic acids is 1. The molecule has 1 aliphatic rings. The SMILES string of the molecule is CN(CC(=O)NC[C@H]1COc2ccccc2O1)S(=O)(=O)c1ccc2c(c1)c(=O)n(C)c(=O)n2C. The lowest BCUT2D eigenvalue weighted by atomic mass is 10.2. The number of hydrogen-bond donors (Lipinski definition) is 1. The van der Waals surface area contributed by atoms with Crippen LogP contribution in [0.2, 0.25) is 0 Å². The molecule has 3 aromatic rings. The largest absolute Gasteiger partial charge is 0.486 e. The molecular formula is C22H24N4O7S. The molecule has 0 saturated heterocycles. The van der Waals surface area contributed by atoms with Crippen LogP contribution in [0.15, 0.2) is 56.9 Å². The van der Waals surface area contributed by atoms with Crippen molar-refractivity contribution in [1.29, 1.82) is 0 Å². The van der Waals surface area contributed by atoms with Gasteiger partial charge in [-0.2, -0.15) is 4.31 Å². The van der Waals surface area contributed by atoms with Gasteiger partial charge in [-0.25, -0.2) is 13.2 Å². The number of nitrogens with zero attached hydrogens (tertiary/aromatic N) is 3. The zero-order valence-electron chi connectivity index (χ0n) is 18.8. The summed E-state index contributed by atoms with van der Waals surface area (Å²) in [7, 11) is 0.00731. The average Bonchev–Trinajstić information content (AvgIpc) is 2.84. The highest BCUT2D eigenvalue weighted by atomic mass is 32.2. The van der Waals surface area contributed by atoms with Crippen molar-refractivity contribution in [1.82, 2.24) is 18.8 Å². The molecule has 0 fully saturated rings. The van der Waals surface area contributed by atoms with E-state index in [1.807, 2.05) is 12.1 Å². The van der Waals surface area contributed by atoms with E-state index in [-0.39, 0.29) is 23.4 Å². The third kappa shape index (κ3) is 4.29. The number of aryl methyl sites for hydroxylation is 1. The van der Waals surface area contributed by atoms with Crippen molar-refractivity contribution in [3.63, 3.8) is 0 Å². The molecule has 1 N–H and O–H groups in total. The Morgan fingerprint density at radius 1 is 1.12 bits per heavy atom. The Labute approximate surface area is 195 Å². The maximum Gasteiger partial charge on any atom is 0.330 e. The first kappa shape index (κ1) is 23.5. The lowest BCUT2D eigenvalue weighted by Crippen LogP contribution is -2.44. The molecule has 12 heteroatoms. The Morgan fingerprint density at radius 2 is 1.82 bits per heavy atom. The van der Waals surface area contributed by atoms with E-state index in [2.05, 4.69) is 5.32 Å². The summed E-state index contributed by atoms with van der Waals surface area (Å²) in [5.74, 6) is 0.682. The quantitative estimate of drug-likeness (QED) is 0.509. The minimum absolute atomic E-state index is 0.0817. The van der Waals surface area contributed by atoms with Gasteiger partial charge in [0.25, 0.3) is 5.56 Å². The van der Waals surface area contributed by atoms with Gasteiger partial charge in [0, 0.05) is 21.1 Å². The van der Waals surface area contributed by atoms with Crippen molar-refractivity contribution in [2.24, 2.45) is 14.1 Å². The van der Waals surface area contributed by atoms with Gasteiger partial charge in [-0.3, -0.25) is 18.7 Å². The number of carbonyl (C=O) groups is 1. The normalized spacial score (nSPS) is 15.5. The minimum atomic E-state index is -4.08. The number of likely N-dealkylation sites (N-methyl/N-ethyl adjacent to an activating group) is 1. The molecule has 4 rings (SSSR count). The Morgan fingerprint density at radius 3 is 2.56 bits per heavy atom. The molecule has 0 aliphatic carbocycles. The number of aromatic nitrogens is 2. The molecule has 11 nitrogen and oxygen atoms in total.